The first kappa shape index (κ1) is 10.5. The zero-order valence-electron chi connectivity index (χ0n) is 9.22. The molecule has 0 radical (unpaired) electrons. The maximum atomic E-state index is 5.63. The molecule has 0 spiro atoms. The Bertz CT molecular complexity index is 463. The second-order valence-electron chi connectivity index (χ2n) is 3.64. The molecule has 2 heterocycles. The molecular weight excluding hydrogens is 202 g/mol. The molecule has 2 aromatic heterocycles. The zero-order valence-corrected chi connectivity index (χ0v) is 9.22. The molecule has 5 heteroatoms. The summed E-state index contributed by atoms with van der Waals surface area (Å²) in [5.41, 5.74) is 7.24. The highest BCUT2D eigenvalue weighted by atomic mass is 15.0. The van der Waals surface area contributed by atoms with Gasteiger partial charge in [0, 0.05) is 38.6 Å². The first-order valence-electron chi connectivity index (χ1n) is 5.16. The summed E-state index contributed by atoms with van der Waals surface area (Å²) in [5, 5.41) is 3.26. The van der Waals surface area contributed by atoms with Crippen LogP contribution >= 0.6 is 0 Å². The lowest BCUT2D eigenvalue weighted by Crippen LogP contribution is -2.08. The van der Waals surface area contributed by atoms with Gasteiger partial charge >= 0.3 is 0 Å². The van der Waals surface area contributed by atoms with Crippen molar-refractivity contribution in [1.82, 2.24) is 14.5 Å². The third kappa shape index (κ3) is 2.50. The normalized spacial score (nSPS) is 10.3. The summed E-state index contributed by atoms with van der Waals surface area (Å²) < 4.78 is 2.01. The molecule has 0 unspecified atom stereocenters. The van der Waals surface area contributed by atoms with Gasteiger partial charge in [0.05, 0.1) is 17.6 Å². The monoisotopic (exact) mass is 217 g/mol. The number of nitrogens with one attached hydrogen (secondary N) is 1. The molecule has 2 rings (SSSR count). The summed E-state index contributed by atoms with van der Waals surface area (Å²) in [4.78, 5) is 8.26. The number of aromatic nitrogens is 3. The van der Waals surface area contributed by atoms with Crippen molar-refractivity contribution in [2.75, 3.05) is 17.6 Å². The maximum Gasteiger partial charge on any atom is 0.110 e. The first-order chi connectivity index (χ1) is 7.75. The van der Waals surface area contributed by atoms with Crippen LogP contribution in [-0.2, 0) is 13.5 Å². The molecule has 5 nitrogen and oxygen atoms in total. The molecule has 0 amide bonds. The molecule has 0 fully saturated rings. The zero-order chi connectivity index (χ0) is 11.4. The van der Waals surface area contributed by atoms with Crippen LogP contribution in [0.1, 0.15) is 5.82 Å². The van der Waals surface area contributed by atoms with Crippen LogP contribution < -0.4 is 11.1 Å². The number of nitrogens with two attached hydrogens (primary N) is 1. The predicted molar refractivity (Wildman–Crippen MR) is 64.1 cm³/mol. The minimum Gasteiger partial charge on any atom is -0.397 e. The van der Waals surface area contributed by atoms with Crippen LogP contribution in [0.3, 0.4) is 0 Å². The third-order valence-corrected chi connectivity index (χ3v) is 2.36. The van der Waals surface area contributed by atoms with E-state index in [1.807, 2.05) is 23.9 Å². The van der Waals surface area contributed by atoms with E-state index in [1.165, 1.54) is 0 Å². The van der Waals surface area contributed by atoms with E-state index in [-0.39, 0.29) is 0 Å². The van der Waals surface area contributed by atoms with Crippen molar-refractivity contribution in [3.63, 3.8) is 0 Å². The van der Waals surface area contributed by atoms with Gasteiger partial charge in [0.1, 0.15) is 5.82 Å². The van der Waals surface area contributed by atoms with Crippen molar-refractivity contribution in [3.05, 3.63) is 36.7 Å². The number of nitrogens with zero attached hydrogens (tertiary/aromatic N) is 3. The fraction of sp³-hybridized carbons (Fsp3) is 0.273. The minimum atomic E-state index is 0.669. The highest BCUT2D eigenvalue weighted by Gasteiger charge is 1.99. The molecule has 0 bridgehead atoms. The number of hydrogen-bond acceptors (Lipinski definition) is 4. The molecule has 16 heavy (non-hydrogen) atoms. The van der Waals surface area contributed by atoms with Gasteiger partial charge in [-0.1, -0.05) is 0 Å². The van der Waals surface area contributed by atoms with Gasteiger partial charge in [-0.05, 0) is 6.07 Å². The Morgan fingerprint density at radius 1 is 1.44 bits per heavy atom. The Morgan fingerprint density at radius 2 is 2.31 bits per heavy atom. The largest absolute Gasteiger partial charge is 0.397 e. The molecule has 0 saturated heterocycles. The van der Waals surface area contributed by atoms with E-state index in [4.69, 9.17) is 5.73 Å². The molecular formula is C11H15N5. The molecule has 84 valence electrons. The summed E-state index contributed by atoms with van der Waals surface area (Å²) in [6.07, 6.45) is 8.01. The molecule has 0 aliphatic carbocycles. The lowest BCUT2D eigenvalue weighted by Gasteiger charge is -2.06. The van der Waals surface area contributed by atoms with Gasteiger partial charge in [0.25, 0.3) is 0 Å². The lowest BCUT2D eigenvalue weighted by molar-refractivity contribution is 0.789. The fourth-order valence-corrected chi connectivity index (χ4v) is 1.51. The van der Waals surface area contributed by atoms with E-state index in [1.54, 1.807) is 18.6 Å². The van der Waals surface area contributed by atoms with Gasteiger partial charge in [-0.25, -0.2) is 4.98 Å². The molecule has 0 aliphatic rings. The Kier molecular flexibility index (Phi) is 3.05. The molecule has 0 atom stereocenters. The van der Waals surface area contributed by atoms with Gasteiger partial charge in [-0.2, -0.15) is 0 Å². The van der Waals surface area contributed by atoms with Crippen molar-refractivity contribution >= 4 is 11.4 Å². The highest BCUT2D eigenvalue weighted by molar-refractivity contribution is 5.51. The average molecular weight is 217 g/mol. The topological polar surface area (TPSA) is 68.8 Å². The molecule has 0 aliphatic heterocycles. The van der Waals surface area contributed by atoms with Crippen LogP contribution in [0.2, 0.25) is 0 Å². The number of rotatable bonds is 4. The standard InChI is InChI=1S/C11H15N5/c1-16-5-4-15-11(16)2-3-14-10-6-9(12)7-13-8-10/h4-8,14H,2-3,12H2,1H3. The SMILES string of the molecule is Cn1ccnc1CCNc1cncc(N)c1. The van der Waals surface area contributed by atoms with Crippen molar-refractivity contribution in [1.29, 1.82) is 0 Å². The average Bonchev–Trinajstić information content (AvgIpc) is 2.65. The summed E-state index contributed by atoms with van der Waals surface area (Å²) in [6.45, 7) is 0.815. The van der Waals surface area contributed by atoms with Crippen LogP contribution in [0.25, 0.3) is 0 Å². The van der Waals surface area contributed by atoms with Gasteiger partial charge < -0.3 is 15.6 Å². The van der Waals surface area contributed by atoms with Gasteiger partial charge in [-0.3, -0.25) is 4.98 Å². The number of nitrogen functional groups attached to an aromatic ring is 1. The van der Waals surface area contributed by atoms with Crippen molar-refractivity contribution in [3.8, 4) is 0 Å². The second kappa shape index (κ2) is 4.65. The maximum absolute atomic E-state index is 5.63. The highest BCUT2D eigenvalue weighted by Crippen LogP contribution is 2.09. The Labute approximate surface area is 94.3 Å². The van der Waals surface area contributed by atoms with Gasteiger partial charge in [0.2, 0.25) is 0 Å². The molecule has 3 N–H and O–H groups in total. The lowest BCUT2D eigenvalue weighted by atomic mass is 10.3. The van der Waals surface area contributed by atoms with Crippen LogP contribution in [0, 0.1) is 0 Å². The third-order valence-electron chi connectivity index (χ3n) is 2.36. The smallest absolute Gasteiger partial charge is 0.110 e. The summed E-state index contributed by atoms with van der Waals surface area (Å²) in [7, 11) is 1.99. The fourth-order valence-electron chi connectivity index (χ4n) is 1.51. The number of hydrogen-bond donors (Lipinski definition) is 2. The number of imidazole rings is 1. The Hall–Kier alpha value is -2.04. The number of anilines is 2. The predicted octanol–water partition coefficient (Wildman–Crippen LogP) is 1.05. The van der Waals surface area contributed by atoms with Crippen LogP contribution in [0.5, 0.6) is 0 Å². The summed E-state index contributed by atoms with van der Waals surface area (Å²) in [6, 6.07) is 1.87. The molecule has 2 aromatic rings. The van der Waals surface area contributed by atoms with E-state index in [9.17, 15) is 0 Å². The first-order valence-corrected chi connectivity index (χ1v) is 5.16. The Balaban J connectivity index is 1.87. The second-order valence-corrected chi connectivity index (χ2v) is 3.64. The molecule has 0 saturated carbocycles. The van der Waals surface area contributed by atoms with Crippen molar-refractivity contribution < 1.29 is 0 Å². The molecule has 0 aromatic carbocycles. The summed E-state index contributed by atoms with van der Waals surface area (Å²) in [5.74, 6) is 1.06. The quantitative estimate of drug-likeness (QED) is 0.803. The van der Waals surface area contributed by atoms with Crippen molar-refractivity contribution in [2.45, 2.75) is 6.42 Å². The summed E-state index contributed by atoms with van der Waals surface area (Å²) >= 11 is 0. The Morgan fingerprint density at radius 3 is 3.00 bits per heavy atom. The van der Waals surface area contributed by atoms with E-state index < -0.39 is 0 Å². The van der Waals surface area contributed by atoms with E-state index in [0.29, 0.717) is 5.69 Å². The number of pyridine rings is 1. The van der Waals surface area contributed by atoms with E-state index >= 15 is 0 Å². The number of aryl methyl sites for hydroxylation is 1. The van der Waals surface area contributed by atoms with E-state index in [0.717, 1.165) is 24.5 Å². The van der Waals surface area contributed by atoms with Crippen molar-refractivity contribution in [2.24, 2.45) is 7.05 Å². The van der Waals surface area contributed by atoms with E-state index in [2.05, 4.69) is 15.3 Å². The van der Waals surface area contributed by atoms with Crippen LogP contribution in [0.15, 0.2) is 30.9 Å². The van der Waals surface area contributed by atoms with Gasteiger partial charge in [-0.15, -0.1) is 0 Å². The van der Waals surface area contributed by atoms with Gasteiger partial charge in [0.15, 0.2) is 0 Å². The van der Waals surface area contributed by atoms with Crippen LogP contribution in [-0.4, -0.2) is 21.1 Å². The van der Waals surface area contributed by atoms with Crippen LogP contribution in [0.4, 0.5) is 11.4 Å². The minimum absolute atomic E-state index is 0.669.